The van der Waals surface area contributed by atoms with E-state index in [0.717, 1.165) is 5.06 Å². The molecule has 0 aromatic heterocycles. The second-order valence-electron chi connectivity index (χ2n) is 4.81. The van der Waals surface area contributed by atoms with E-state index in [2.05, 4.69) is 0 Å². The topological polar surface area (TPSA) is 40.2 Å². The predicted octanol–water partition coefficient (Wildman–Crippen LogP) is 1.55. The van der Waals surface area contributed by atoms with Gasteiger partial charge >= 0.3 is 0 Å². The molecule has 0 aromatic carbocycles. The summed E-state index contributed by atoms with van der Waals surface area (Å²) in [4.78, 5) is 11.3. The molecule has 0 spiro atoms. The van der Waals surface area contributed by atoms with Gasteiger partial charge in [-0.15, -0.1) is 10.3 Å². The van der Waals surface area contributed by atoms with Crippen molar-refractivity contribution in [2.24, 2.45) is 0 Å². The van der Waals surface area contributed by atoms with Crippen molar-refractivity contribution >= 4 is 5.78 Å². The molecule has 3 nitrogen and oxygen atoms in total. The largest absolute Gasteiger partial charge is 0.300 e. The van der Waals surface area contributed by atoms with Crippen molar-refractivity contribution in [2.75, 3.05) is 0 Å². The Kier molecular flexibility index (Phi) is 2.05. The molecular weight excluding hydrogens is 155 g/mol. The molecule has 1 fully saturated rings. The standard InChI is InChI=1S/C9H16NO2/c1-8(2)5-7(11)6-9(3,4)10(8)12/h5-6H2,1-4H3/i10+1. The Morgan fingerprint density at radius 1 is 1.08 bits per heavy atom. The third-order valence-electron chi connectivity index (χ3n) is 2.36. The highest BCUT2D eigenvalue weighted by atomic mass is 16.8. The number of hydrogen-bond donors (Lipinski definition) is 0. The Morgan fingerprint density at radius 2 is 1.42 bits per heavy atom. The van der Waals surface area contributed by atoms with Crippen molar-refractivity contribution in [1.82, 2.24) is 5.06 Å². The normalized spacial score (nSPS) is 28.9. The maximum Gasteiger partial charge on any atom is 0.136 e. The van der Waals surface area contributed by atoms with E-state index in [0.29, 0.717) is 12.8 Å². The lowest BCUT2D eigenvalue weighted by atomic mass is 9.85. The number of Topliss-reactive ketones (excluding diaryl/α,β-unsaturated/α-hetero) is 1. The van der Waals surface area contributed by atoms with Gasteiger partial charge in [-0.2, -0.15) is 0 Å². The van der Waals surface area contributed by atoms with Crippen molar-refractivity contribution in [1.29, 1.82) is 0 Å². The summed E-state index contributed by atoms with van der Waals surface area (Å²) in [5.74, 6) is 0.192. The van der Waals surface area contributed by atoms with Crippen molar-refractivity contribution < 1.29 is 10.0 Å². The molecule has 0 saturated carbocycles. The number of hydroxylamine groups is 2. The molecule has 12 heavy (non-hydrogen) atoms. The van der Waals surface area contributed by atoms with Crippen LogP contribution in [0, 0.1) is 0 Å². The van der Waals surface area contributed by atoms with Crippen molar-refractivity contribution in [2.45, 2.75) is 51.6 Å². The summed E-state index contributed by atoms with van der Waals surface area (Å²) >= 11 is 0. The summed E-state index contributed by atoms with van der Waals surface area (Å²) in [7, 11) is 0. The molecule has 0 bridgehead atoms. The quantitative estimate of drug-likeness (QED) is 0.519. The molecule has 1 heterocycles. The molecule has 0 aliphatic carbocycles. The van der Waals surface area contributed by atoms with Gasteiger partial charge in [0.1, 0.15) is 5.78 Å². The SMILES string of the molecule is CC1(C)CC(=O)CC(C)(C)[15N]1[O]. The molecule has 1 saturated heterocycles. The van der Waals surface area contributed by atoms with E-state index in [4.69, 9.17) is 0 Å². The van der Waals surface area contributed by atoms with Crippen LogP contribution in [0.25, 0.3) is 0 Å². The van der Waals surface area contributed by atoms with Crippen LogP contribution in [-0.4, -0.2) is 21.9 Å². The van der Waals surface area contributed by atoms with E-state index < -0.39 is 11.1 Å². The predicted molar refractivity (Wildman–Crippen MR) is 44.9 cm³/mol. The maximum atomic E-state index is 11.7. The van der Waals surface area contributed by atoms with Crippen LogP contribution in [0.1, 0.15) is 40.5 Å². The van der Waals surface area contributed by atoms with Gasteiger partial charge in [-0.25, -0.2) is 0 Å². The lowest BCUT2D eigenvalue weighted by Gasteiger charge is -2.45. The number of nitrogens with zero attached hydrogens (tertiary/aromatic N) is 1. The number of hydrogen-bond acceptors (Lipinski definition) is 2. The van der Waals surface area contributed by atoms with Gasteiger partial charge in [-0.3, -0.25) is 4.79 Å². The molecule has 1 rings (SSSR count). The Balaban J connectivity index is 2.91. The summed E-state index contributed by atoms with van der Waals surface area (Å²) in [6.07, 6.45) is 0.750. The molecule has 0 atom stereocenters. The third-order valence-corrected chi connectivity index (χ3v) is 2.36. The molecular formula is C9H16NO2. The summed E-state index contributed by atoms with van der Waals surface area (Å²) in [6, 6.07) is 0. The number of ketones is 1. The monoisotopic (exact) mass is 171 g/mol. The first-order chi connectivity index (χ1) is 5.26. The lowest BCUT2D eigenvalue weighted by Crippen LogP contribution is -2.58. The minimum atomic E-state index is -0.529. The molecule has 1 aliphatic rings. The zero-order valence-electron chi connectivity index (χ0n) is 8.18. The highest BCUT2D eigenvalue weighted by Gasteiger charge is 2.45. The number of carbonyl (C=O) groups excluding carboxylic acids is 1. The van der Waals surface area contributed by atoms with Crippen molar-refractivity contribution in [3.05, 3.63) is 0 Å². The number of carbonyl (C=O) groups is 1. The molecule has 0 N–H and O–H groups in total. The van der Waals surface area contributed by atoms with E-state index in [9.17, 15) is 10.0 Å². The minimum Gasteiger partial charge on any atom is -0.300 e. The van der Waals surface area contributed by atoms with Crippen molar-refractivity contribution in [3.63, 3.8) is 0 Å². The second-order valence-corrected chi connectivity index (χ2v) is 4.81. The first-order valence-electron chi connectivity index (χ1n) is 4.25. The first kappa shape index (κ1) is 9.68. The van der Waals surface area contributed by atoms with Crippen LogP contribution in [0.15, 0.2) is 0 Å². The summed E-state index contributed by atoms with van der Waals surface area (Å²) in [6.45, 7) is 7.27. The van der Waals surface area contributed by atoms with E-state index in [1.807, 2.05) is 27.7 Å². The molecule has 1 radical (unpaired) electrons. The van der Waals surface area contributed by atoms with E-state index in [-0.39, 0.29) is 5.78 Å². The zero-order valence-corrected chi connectivity index (χ0v) is 8.18. The molecule has 0 aromatic rings. The summed E-state index contributed by atoms with van der Waals surface area (Å²) in [5, 5.41) is 12.7. The van der Waals surface area contributed by atoms with Crippen LogP contribution in [0.5, 0.6) is 0 Å². The van der Waals surface area contributed by atoms with Gasteiger partial charge in [0, 0.05) is 12.8 Å². The Labute approximate surface area is 73.3 Å². The van der Waals surface area contributed by atoms with E-state index in [1.54, 1.807) is 0 Å². The van der Waals surface area contributed by atoms with Gasteiger partial charge in [-0.1, -0.05) is 0 Å². The average Bonchev–Trinajstić information content (AvgIpc) is 1.80. The van der Waals surface area contributed by atoms with Crippen LogP contribution in [0.3, 0.4) is 0 Å². The highest BCUT2D eigenvalue weighted by Crippen LogP contribution is 2.34. The van der Waals surface area contributed by atoms with Gasteiger partial charge < -0.3 is 0 Å². The highest BCUT2D eigenvalue weighted by molar-refractivity contribution is 5.81. The second kappa shape index (κ2) is 2.54. The fourth-order valence-corrected chi connectivity index (χ4v) is 1.99. The lowest BCUT2D eigenvalue weighted by molar-refractivity contribution is -0.280. The molecule has 1 aliphatic heterocycles. The van der Waals surface area contributed by atoms with Gasteiger partial charge in [0.05, 0.1) is 11.1 Å². The van der Waals surface area contributed by atoms with Crippen molar-refractivity contribution in [3.8, 4) is 0 Å². The van der Waals surface area contributed by atoms with Crippen LogP contribution >= 0.6 is 0 Å². The Hall–Kier alpha value is -0.410. The fraction of sp³-hybridized carbons (Fsp3) is 0.889. The van der Waals surface area contributed by atoms with E-state index in [1.165, 1.54) is 0 Å². The maximum absolute atomic E-state index is 11.7. The minimum absolute atomic E-state index is 0.192. The van der Waals surface area contributed by atoms with Crippen LogP contribution in [0.4, 0.5) is 0 Å². The molecule has 3 heteroatoms. The molecule has 0 amide bonds. The van der Waals surface area contributed by atoms with E-state index >= 15 is 0 Å². The number of rotatable bonds is 0. The zero-order chi connectivity index (χ0) is 9.57. The third kappa shape index (κ3) is 1.52. The molecule has 69 valence electrons. The van der Waals surface area contributed by atoms with Gasteiger partial charge in [0.25, 0.3) is 0 Å². The molecule has 0 unspecified atom stereocenters. The van der Waals surface area contributed by atoms with Gasteiger partial charge in [0.15, 0.2) is 0 Å². The first-order valence-corrected chi connectivity index (χ1v) is 4.25. The van der Waals surface area contributed by atoms with Gasteiger partial charge in [0.2, 0.25) is 0 Å². The fourth-order valence-electron chi connectivity index (χ4n) is 1.99. The Bertz CT molecular complexity index is 189. The number of piperidine rings is 1. The van der Waals surface area contributed by atoms with Crippen LogP contribution < -0.4 is 0 Å². The summed E-state index contributed by atoms with van der Waals surface area (Å²) < 4.78 is 0. The van der Waals surface area contributed by atoms with Gasteiger partial charge in [-0.05, 0) is 27.7 Å². The van der Waals surface area contributed by atoms with Crippen LogP contribution in [0.2, 0.25) is 0 Å². The Morgan fingerprint density at radius 3 is 1.75 bits per heavy atom. The smallest absolute Gasteiger partial charge is 0.136 e. The van der Waals surface area contributed by atoms with Crippen LogP contribution in [-0.2, 0) is 10.0 Å². The average molecular weight is 171 g/mol. The summed E-state index contributed by atoms with van der Waals surface area (Å²) in [5.41, 5.74) is -1.06.